The highest BCUT2D eigenvalue weighted by Gasteiger charge is 2.03. The van der Waals surface area contributed by atoms with Gasteiger partial charge in [0.2, 0.25) is 0 Å². The highest BCUT2D eigenvalue weighted by atomic mass is 16.3. The molecule has 0 radical (unpaired) electrons. The lowest BCUT2D eigenvalue weighted by molar-refractivity contribution is 0.323. The van der Waals surface area contributed by atoms with Gasteiger partial charge in [0.05, 0.1) is 6.61 Å². The minimum atomic E-state index is 0.217. The van der Waals surface area contributed by atoms with Gasteiger partial charge in [-0.05, 0) is 17.9 Å². The van der Waals surface area contributed by atoms with E-state index in [0.29, 0.717) is 5.92 Å². The number of hydrogen-bond acceptors (Lipinski definition) is 1. The summed E-state index contributed by atoms with van der Waals surface area (Å²) in [5.74, 6) is 0.608. The van der Waals surface area contributed by atoms with E-state index in [1.54, 1.807) is 0 Å². The third-order valence-electron chi connectivity index (χ3n) is 1.56. The zero-order chi connectivity index (χ0) is 6.69. The van der Waals surface area contributed by atoms with Crippen LogP contribution in [0.4, 0.5) is 0 Å². The molecule has 1 atom stereocenters. The van der Waals surface area contributed by atoms with Gasteiger partial charge in [0.25, 0.3) is 0 Å². The van der Waals surface area contributed by atoms with Crippen molar-refractivity contribution in [2.24, 2.45) is 5.92 Å². The largest absolute Gasteiger partial charge is 0.392 e. The number of rotatable bonds is 1. The van der Waals surface area contributed by atoms with E-state index in [4.69, 9.17) is 5.11 Å². The second-order valence-electron chi connectivity index (χ2n) is 2.55. The van der Waals surface area contributed by atoms with Crippen molar-refractivity contribution >= 4 is 0 Å². The normalized spacial score (nSPS) is 26.0. The topological polar surface area (TPSA) is 20.2 Å². The average molecular weight is 124 g/mol. The summed E-state index contributed by atoms with van der Waals surface area (Å²) < 4.78 is 0. The van der Waals surface area contributed by atoms with Crippen molar-refractivity contribution in [3.8, 4) is 0 Å². The van der Waals surface area contributed by atoms with E-state index in [9.17, 15) is 0 Å². The van der Waals surface area contributed by atoms with Crippen LogP contribution in [0, 0.1) is 5.92 Å². The average Bonchev–Trinajstić information content (AvgIpc) is 1.88. The molecule has 0 spiro atoms. The summed E-state index contributed by atoms with van der Waals surface area (Å²) in [5, 5.41) is 8.71. The fourth-order valence-corrected chi connectivity index (χ4v) is 1.05. The molecule has 0 unspecified atom stereocenters. The molecule has 1 aliphatic rings. The zero-order valence-corrected chi connectivity index (χ0v) is 5.67. The molecule has 0 aromatic carbocycles. The van der Waals surface area contributed by atoms with Gasteiger partial charge in [0, 0.05) is 0 Å². The minimum Gasteiger partial charge on any atom is -0.392 e. The first-order chi connectivity index (χ1) is 4.33. The Balaban J connectivity index is 2.55. The maximum Gasteiger partial charge on any atom is 0.0645 e. The Labute approximate surface area is 55.7 Å². The lowest BCUT2D eigenvalue weighted by Gasteiger charge is -2.11. The molecule has 0 fully saturated rings. The molecule has 50 valence electrons. The lowest BCUT2D eigenvalue weighted by atomic mass is 9.97. The highest BCUT2D eigenvalue weighted by Crippen LogP contribution is 2.16. The Bertz CT molecular complexity index is 145. The van der Waals surface area contributed by atoms with Crippen LogP contribution in [0.1, 0.15) is 13.3 Å². The van der Waals surface area contributed by atoms with E-state index in [1.807, 2.05) is 12.2 Å². The first-order valence-electron chi connectivity index (χ1n) is 3.30. The summed E-state index contributed by atoms with van der Waals surface area (Å²) in [6.45, 7) is 2.37. The van der Waals surface area contributed by atoms with Crippen molar-refractivity contribution in [1.82, 2.24) is 0 Å². The Morgan fingerprint density at radius 2 is 2.56 bits per heavy atom. The van der Waals surface area contributed by atoms with E-state index >= 15 is 0 Å². The summed E-state index contributed by atoms with van der Waals surface area (Å²) in [4.78, 5) is 0. The first kappa shape index (κ1) is 6.56. The van der Waals surface area contributed by atoms with Crippen LogP contribution in [0.15, 0.2) is 23.8 Å². The Hall–Kier alpha value is -0.560. The van der Waals surface area contributed by atoms with E-state index in [0.717, 1.165) is 12.0 Å². The van der Waals surface area contributed by atoms with Gasteiger partial charge in [-0.1, -0.05) is 25.2 Å². The Morgan fingerprint density at radius 3 is 3.00 bits per heavy atom. The van der Waals surface area contributed by atoms with Gasteiger partial charge >= 0.3 is 0 Å². The molecule has 1 nitrogen and oxygen atoms in total. The second kappa shape index (κ2) is 2.83. The summed E-state index contributed by atoms with van der Waals surface area (Å²) in [6, 6.07) is 0. The van der Waals surface area contributed by atoms with Crippen molar-refractivity contribution < 1.29 is 5.11 Å². The smallest absolute Gasteiger partial charge is 0.0645 e. The molecule has 9 heavy (non-hydrogen) atoms. The predicted octanol–water partition coefficient (Wildman–Crippen LogP) is 1.50. The van der Waals surface area contributed by atoms with Gasteiger partial charge in [-0.2, -0.15) is 0 Å². The standard InChI is InChI=1S/C8H12O/c1-7-3-2-4-8(5-7)6-9/h2-4,7,9H,5-6H2,1H3/t7-/m0/s1. The van der Waals surface area contributed by atoms with E-state index in [2.05, 4.69) is 13.0 Å². The Kier molecular flexibility index (Phi) is 2.06. The number of hydrogen-bond donors (Lipinski definition) is 1. The number of allylic oxidation sites excluding steroid dienone is 3. The van der Waals surface area contributed by atoms with E-state index < -0.39 is 0 Å². The molecule has 1 rings (SSSR count). The van der Waals surface area contributed by atoms with Crippen LogP contribution in [-0.2, 0) is 0 Å². The molecule has 1 N–H and O–H groups in total. The van der Waals surface area contributed by atoms with Crippen LogP contribution in [0.3, 0.4) is 0 Å². The fourth-order valence-electron chi connectivity index (χ4n) is 1.05. The molecule has 0 aliphatic heterocycles. The maximum atomic E-state index is 8.71. The molecule has 1 aliphatic carbocycles. The van der Waals surface area contributed by atoms with Crippen LogP contribution in [-0.4, -0.2) is 11.7 Å². The summed E-state index contributed by atoms with van der Waals surface area (Å²) >= 11 is 0. The molecular weight excluding hydrogens is 112 g/mol. The zero-order valence-electron chi connectivity index (χ0n) is 5.67. The van der Waals surface area contributed by atoms with Crippen LogP contribution < -0.4 is 0 Å². The van der Waals surface area contributed by atoms with Crippen LogP contribution >= 0.6 is 0 Å². The third kappa shape index (κ3) is 1.68. The van der Waals surface area contributed by atoms with Gasteiger partial charge in [-0.15, -0.1) is 0 Å². The van der Waals surface area contributed by atoms with Crippen molar-refractivity contribution in [2.75, 3.05) is 6.61 Å². The molecule has 0 amide bonds. The van der Waals surface area contributed by atoms with Crippen molar-refractivity contribution in [3.63, 3.8) is 0 Å². The molecular formula is C8H12O. The van der Waals surface area contributed by atoms with Crippen LogP contribution in [0.5, 0.6) is 0 Å². The molecule has 0 aromatic heterocycles. The summed E-state index contributed by atoms with van der Waals surface area (Å²) in [5.41, 5.74) is 1.14. The van der Waals surface area contributed by atoms with E-state index in [1.165, 1.54) is 0 Å². The van der Waals surface area contributed by atoms with Gasteiger partial charge in [-0.3, -0.25) is 0 Å². The molecule has 0 saturated carbocycles. The van der Waals surface area contributed by atoms with Crippen LogP contribution in [0.25, 0.3) is 0 Å². The van der Waals surface area contributed by atoms with E-state index in [-0.39, 0.29) is 6.61 Å². The van der Waals surface area contributed by atoms with Crippen LogP contribution in [0.2, 0.25) is 0 Å². The van der Waals surface area contributed by atoms with Gasteiger partial charge in [0.15, 0.2) is 0 Å². The minimum absolute atomic E-state index is 0.217. The fraction of sp³-hybridized carbons (Fsp3) is 0.500. The SMILES string of the molecule is C[C@H]1C=CC=C(CO)C1. The summed E-state index contributed by atoms with van der Waals surface area (Å²) in [6.07, 6.45) is 7.17. The monoisotopic (exact) mass is 124 g/mol. The molecule has 1 heteroatoms. The summed E-state index contributed by atoms with van der Waals surface area (Å²) in [7, 11) is 0. The number of aliphatic hydroxyl groups is 1. The maximum absolute atomic E-state index is 8.71. The van der Waals surface area contributed by atoms with Gasteiger partial charge in [0.1, 0.15) is 0 Å². The highest BCUT2D eigenvalue weighted by molar-refractivity contribution is 5.19. The molecule has 0 heterocycles. The number of aliphatic hydroxyl groups excluding tert-OH is 1. The predicted molar refractivity (Wildman–Crippen MR) is 38.1 cm³/mol. The van der Waals surface area contributed by atoms with Gasteiger partial charge < -0.3 is 5.11 Å². The van der Waals surface area contributed by atoms with Gasteiger partial charge in [-0.25, -0.2) is 0 Å². The Morgan fingerprint density at radius 1 is 1.78 bits per heavy atom. The quantitative estimate of drug-likeness (QED) is 0.561. The third-order valence-corrected chi connectivity index (χ3v) is 1.56. The van der Waals surface area contributed by atoms with Crippen molar-refractivity contribution in [2.45, 2.75) is 13.3 Å². The molecule has 0 saturated heterocycles. The molecule has 0 bridgehead atoms. The first-order valence-corrected chi connectivity index (χ1v) is 3.30. The second-order valence-corrected chi connectivity index (χ2v) is 2.55. The molecule has 0 aromatic rings. The van der Waals surface area contributed by atoms with Crippen molar-refractivity contribution in [3.05, 3.63) is 23.8 Å². The van der Waals surface area contributed by atoms with Crippen molar-refractivity contribution in [1.29, 1.82) is 0 Å². The lowest BCUT2D eigenvalue weighted by Crippen LogP contribution is -2.00.